The number of fused-ring (bicyclic) bond motifs is 1. The molecule has 0 aliphatic carbocycles. The maximum Gasteiger partial charge on any atom is 0.243 e. The number of carbonyl (C=O) groups excluding carboxylic acids is 1. The number of rotatable bonds is 5. The van der Waals surface area contributed by atoms with E-state index in [2.05, 4.69) is 34.0 Å². The van der Waals surface area contributed by atoms with Crippen LogP contribution in [0.3, 0.4) is 0 Å². The number of benzene rings is 1. The fourth-order valence-corrected chi connectivity index (χ4v) is 5.60. The van der Waals surface area contributed by atoms with Gasteiger partial charge in [-0.15, -0.1) is 0 Å². The molecule has 150 valence electrons. The van der Waals surface area contributed by atoms with E-state index < -0.39 is 10.0 Å². The van der Waals surface area contributed by atoms with Gasteiger partial charge in [0.1, 0.15) is 0 Å². The van der Waals surface area contributed by atoms with Gasteiger partial charge in [0.2, 0.25) is 15.9 Å². The van der Waals surface area contributed by atoms with Crippen molar-refractivity contribution >= 4 is 21.6 Å². The first-order valence-electron chi connectivity index (χ1n) is 9.74. The first-order chi connectivity index (χ1) is 13.4. The molecule has 1 atom stereocenters. The van der Waals surface area contributed by atoms with Gasteiger partial charge < -0.3 is 9.88 Å². The number of carbonyl (C=O) groups is 1. The Morgan fingerprint density at radius 2 is 1.89 bits per heavy atom. The molecule has 3 heterocycles. The van der Waals surface area contributed by atoms with Crippen molar-refractivity contribution < 1.29 is 13.2 Å². The number of hydrogen-bond acceptors (Lipinski definition) is 4. The second kappa shape index (κ2) is 7.69. The summed E-state index contributed by atoms with van der Waals surface area (Å²) in [6.07, 6.45) is 3.86. The van der Waals surface area contributed by atoms with Crippen LogP contribution in [0.25, 0.3) is 0 Å². The van der Waals surface area contributed by atoms with Gasteiger partial charge in [-0.2, -0.15) is 4.31 Å². The van der Waals surface area contributed by atoms with E-state index in [4.69, 9.17) is 0 Å². The van der Waals surface area contributed by atoms with Crippen LogP contribution in [0.4, 0.5) is 5.69 Å². The van der Waals surface area contributed by atoms with Crippen LogP contribution in [0.15, 0.2) is 47.5 Å². The molecule has 8 heteroatoms. The Morgan fingerprint density at radius 1 is 1.11 bits per heavy atom. The summed E-state index contributed by atoms with van der Waals surface area (Å²) in [5, 5.41) is 2.86. The van der Waals surface area contributed by atoms with Gasteiger partial charge >= 0.3 is 0 Å². The Balaban J connectivity index is 1.43. The van der Waals surface area contributed by atoms with Crippen molar-refractivity contribution in [2.45, 2.75) is 37.2 Å². The number of anilines is 1. The highest BCUT2D eigenvalue weighted by molar-refractivity contribution is 7.89. The molecule has 4 rings (SSSR count). The number of hydrogen-bond donors (Lipinski definition) is 1. The predicted octanol–water partition coefficient (Wildman–Crippen LogP) is 2.29. The van der Waals surface area contributed by atoms with Gasteiger partial charge in [-0.05, 0) is 50.1 Å². The lowest BCUT2D eigenvalue weighted by atomic mass is 10.1. The van der Waals surface area contributed by atoms with Crippen LogP contribution in [0.5, 0.6) is 0 Å². The van der Waals surface area contributed by atoms with Crippen LogP contribution >= 0.6 is 0 Å². The van der Waals surface area contributed by atoms with E-state index >= 15 is 0 Å². The summed E-state index contributed by atoms with van der Waals surface area (Å²) in [4.78, 5) is 14.9. The zero-order chi connectivity index (χ0) is 19.7. The van der Waals surface area contributed by atoms with Crippen LogP contribution < -0.4 is 5.32 Å². The quantitative estimate of drug-likeness (QED) is 0.833. The lowest BCUT2D eigenvalue weighted by molar-refractivity contribution is -0.118. The van der Waals surface area contributed by atoms with Crippen molar-refractivity contribution in [2.24, 2.45) is 0 Å². The lowest BCUT2D eigenvalue weighted by Gasteiger charge is -2.34. The Labute approximate surface area is 166 Å². The molecule has 2 aliphatic rings. The Morgan fingerprint density at radius 3 is 2.68 bits per heavy atom. The van der Waals surface area contributed by atoms with E-state index in [0.717, 1.165) is 25.9 Å². The molecular weight excluding hydrogens is 376 g/mol. The third-order valence-electron chi connectivity index (χ3n) is 5.64. The molecule has 1 aromatic carbocycles. The van der Waals surface area contributed by atoms with Crippen molar-refractivity contribution in [1.29, 1.82) is 0 Å². The van der Waals surface area contributed by atoms with Gasteiger partial charge in [0.25, 0.3) is 0 Å². The number of sulfonamides is 1. The monoisotopic (exact) mass is 402 g/mol. The molecule has 7 nitrogen and oxygen atoms in total. The fraction of sp³-hybridized carbons (Fsp3) is 0.450. The molecule has 0 spiro atoms. The van der Waals surface area contributed by atoms with E-state index in [1.54, 1.807) is 24.3 Å². The molecule has 28 heavy (non-hydrogen) atoms. The highest BCUT2D eigenvalue weighted by atomic mass is 32.2. The summed E-state index contributed by atoms with van der Waals surface area (Å²) in [5.74, 6) is -0.137. The summed E-state index contributed by atoms with van der Waals surface area (Å²) < 4.78 is 29.2. The number of aromatic nitrogens is 1. The molecule has 0 bridgehead atoms. The Hall–Kier alpha value is -2.16. The highest BCUT2D eigenvalue weighted by Gasteiger charge is 2.28. The highest BCUT2D eigenvalue weighted by Crippen LogP contribution is 2.26. The topological polar surface area (TPSA) is 74.6 Å². The summed E-state index contributed by atoms with van der Waals surface area (Å²) >= 11 is 0. The second-order valence-corrected chi connectivity index (χ2v) is 9.40. The van der Waals surface area contributed by atoms with Crippen LogP contribution in [0, 0.1) is 0 Å². The third kappa shape index (κ3) is 3.72. The predicted molar refractivity (Wildman–Crippen MR) is 107 cm³/mol. The first kappa shape index (κ1) is 19.2. The fourth-order valence-electron chi connectivity index (χ4n) is 4.04. The SMILES string of the molecule is C[C@H]1c2cccn2CCN1CC(=O)Nc1cccc(S(=O)(=O)N2CCCC2)c1. The maximum absolute atomic E-state index is 12.7. The van der Waals surface area contributed by atoms with Crippen molar-refractivity contribution in [2.75, 3.05) is 31.5 Å². The first-order valence-corrected chi connectivity index (χ1v) is 11.2. The van der Waals surface area contributed by atoms with E-state index in [9.17, 15) is 13.2 Å². The van der Waals surface area contributed by atoms with Crippen LogP contribution in [0.1, 0.15) is 31.5 Å². The molecule has 1 fully saturated rings. The molecule has 0 radical (unpaired) electrons. The van der Waals surface area contributed by atoms with Gasteiger partial charge in [-0.1, -0.05) is 6.07 Å². The molecule has 0 unspecified atom stereocenters. The summed E-state index contributed by atoms with van der Waals surface area (Å²) in [6.45, 7) is 5.17. The summed E-state index contributed by atoms with van der Waals surface area (Å²) in [5.41, 5.74) is 1.72. The lowest BCUT2D eigenvalue weighted by Crippen LogP contribution is -2.41. The van der Waals surface area contributed by atoms with Crippen molar-refractivity contribution in [3.05, 3.63) is 48.3 Å². The van der Waals surface area contributed by atoms with E-state index in [-0.39, 0.29) is 23.4 Å². The normalized spacial score (nSPS) is 20.8. The molecule has 1 aromatic heterocycles. The zero-order valence-corrected chi connectivity index (χ0v) is 16.9. The molecule has 1 saturated heterocycles. The Kier molecular flexibility index (Phi) is 5.27. The minimum atomic E-state index is -3.49. The minimum Gasteiger partial charge on any atom is -0.349 e. The second-order valence-electron chi connectivity index (χ2n) is 7.46. The average Bonchev–Trinajstić information content (AvgIpc) is 3.36. The van der Waals surface area contributed by atoms with Crippen molar-refractivity contribution in [1.82, 2.24) is 13.8 Å². The number of nitrogens with one attached hydrogen (secondary N) is 1. The smallest absolute Gasteiger partial charge is 0.243 e. The molecular formula is C20H26N4O3S. The van der Waals surface area contributed by atoms with E-state index in [1.807, 2.05) is 6.07 Å². The van der Waals surface area contributed by atoms with Gasteiger partial charge in [0.15, 0.2) is 0 Å². The van der Waals surface area contributed by atoms with Crippen LogP contribution in [0.2, 0.25) is 0 Å². The van der Waals surface area contributed by atoms with Gasteiger partial charge in [0, 0.05) is 49.8 Å². The molecule has 1 N–H and O–H groups in total. The number of amides is 1. The van der Waals surface area contributed by atoms with Crippen molar-refractivity contribution in [3.63, 3.8) is 0 Å². The maximum atomic E-state index is 12.7. The standard InChI is InChI=1S/C20H26N4O3S/c1-16-19-8-5-9-22(19)12-13-23(16)15-20(25)21-17-6-4-7-18(14-17)28(26,27)24-10-2-3-11-24/h4-9,14,16H,2-3,10-13,15H2,1H3,(H,21,25)/t16-/m0/s1. The summed E-state index contributed by atoms with van der Waals surface area (Å²) in [7, 11) is -3.49. The van der Waals surface area contributed by atoms with Gasteiger partial charge in [-0.3, -0.25) is 9.69 Å². The zero-order valence-electron chi connectivity index (χ0n) is 16.0. The molecule has 0 saturated carbocycles. The van der Waals surface area contributed by atoms with Gasteiger partial charge in [0.05, 0.1) is 11.4 Å². The molecule has 1 amide bonds. The van der Waals surface area contributed by atoms with Crippen molar-refractivity contribution in [3.8, 4) is 0 Å². The van der Waals surface area contributed by atoms with Crippen LogP contribution in [-0.4, -0.2) is 54.3 Å². The Bertz CT molecular complexity index is 963. The van der Waals surface area contributed by atoms with E-state index in [0.29, 0.717) is 18.8 Å². The summed E-state index contributed by atoms with van der Waals surface area (Å²) in [6, 6.07) is 10.8. The molecule has 2 aliphatic heterocycles. The van der Waals surface area contributed by atoms with Crippen LogP contribution in [-0.2, 0) is 21.4 Å². The minimum absolute atomic E-state index is 0.137. The average molecular weight is 403 g/mol. The van der Waals surface area contributed by atoms with Gasteiger partial charge in [-0.25, -0.2) is 8.42 Å². The largest absolute Gasteiger partial charge is 0.349 e. The number of nitrogens with zero attached hydrogens (tertiary/aromatic N) is 3. The molecule has 2 aromatic rings. The third-order valence-corrected chi connectivity index (χ3v) is 7.53. The van der Waals surface area contributed by atoms with E-state index in [1.165, 1.54) is 10.00 Å².